The summed E-state index contributed by atoms with van der Waals surface area (Å²) in [6, 6.07) is 8.69. The van der Waals surface area contributed by atoms with E-state index in [4.69, 9.17) is 0 Å². The second-order valence-electron chi connectivity index (χ2n) is 5.82. The monoisotopic (exact) mass is 370 g/mol. The van der Waals surface area contributed by atoms with Crippen LogP contribution in [0.5, 0.6) is 0 Å². The number of rotatable bonds is 5. The zero-order valence-electron chi connectivity index (χ0n) is 13.6. The maximum atomic E-state index is 13.5. The fourth-order valence-electron chi connectivity index (χ4n) is 2.63. The van der Waals surface area contributed by atoms with Crippen LogP contribution in [0.25, 0.3) is 11.0 Å². The van der Waals surface area contributed by atoms with Gasteiger partial charge in [-0.2, -0.15) is 22.0 Å². The molecule has 0 saturated heterocycles. The minimum Gasteiger partial charge on any atom is -0.369 e. The standard InChI is InChI=1S/C17H15F5N4/c1-10(8-23-14-7-6-11(9-24-14)17(20,21)22)15-25-12-4-2-3-5-13(12)26(15)16(18)19/h2-7,9-10,16H,8H2,1H3,(H,23,24)/t10-/m1/s1. The number of anilines is 1. The maximum Gasteiger partial charge on any atom is 0.417 e. The molecule has 4 nitrogen and oxygen atoms in total. The minimum absolute atomic E-state index is 0.189. The van der Waals surface area contributed by atoms with Gasteiger partial charge in [0.15, 0.2) is 0 Å². The van der Waals surface area contributed by atoms with Crippen LogP contribution in [0, 0.1) is 0 Å². The molecule has 2 heterocycles. The summed E-state index contributed by atoms with van der Waals surface area (Å²) in [5, 5.41) is 2.86. The largest absolute Gasteiger partial charge is 0.417 e. The van der Waals surface area contributed by atoms with Crippen LogP contribution in [0.4, 0.5) is 27.8 Å². The Kier molecular flexibility index (Phi) is 4.80. The fraction of sp³-hybridized carbons (Fsp3) is 0.294. The highest BCUT2D eigenvalue weighted by atomic mass is 19.4. The quantitative estimate of drug-likeness (QED) is 0.639. The summed E-state index contributed by atoms with van der Waals surface area (Å²) in [6.45, 7) is -0.852. The first-order chi connectivity index (χ1) is 12.3. The number of hydrogen-bond donors (Lipinski definition) is 1. The molecule has 1 N–H and O–H groups in total. The second-order valence-corrected chi connectivity index (χ2v) is 5.82. The molecule has 0 aliphatic rings. The summed E-state index contributed by atoms with van der Waals surface area (Å²) >= 11 is 0. The topological polar surface area (TPSA) is 42.7 Å². The van der Waals surface area contributed by atoms with Crippen molar-refractivity contribution >= 4 is 16.9 Å². The molecule has 0 fully saturated rings. The van der Waals surface area contributed by atoms with E-state index in [1.54, 1.807) is 31.2 Å². The first kappa shape index (κ1) is 18.1. The molecule has 0 aliphatic heterocycles. The third-order valence-electron chi connectivity index (χ3n) is 3.94. The molecule has 0 aliphatic carbocycles. The molecule has 1 atom stereocenters. The van der Waals surface area contributed by atoms with E-state index in [0.717, 1.165) is 16.8 Å². The van der Waals surface area contributed by atoms with Crippen LogP contribution in [0.15, 0.2) is 42.6 Å². The average molecular weight is 370 g/mol. The molecule has 0 spiro atoms. The first-order valence-electron chi connectivity index (χ1n) is 7.79. The van der Waals surface area contributed by atoms with Crippen molar-refractivity contribution in [1.82, 2.24) is 14.5 Å². The molecule has 0 amide bonds. The van der Waals surface area contributed by atoms with E-state index in [1.165, 1.54) is 6.07 Å². The summed E-state index contributed by atoms with van der Waals surface area (Å²) in [7, 11) is 0. The lowest BCUT2D eigenvalue weighted by Gasteiger charge is -2.15. The highest BCUT2D eigenvalue weighted by Gasteiger charge is 2.30. The predicted molar refractivity (Wildman–Crippen MR) is 87.1 cm³/mol. The van der Waals surface area contributed by atoms with E-state index in [2.05, 4.69) is 15.3 Å². The van der Waals surface area contributed by atoms with Crippen molar-refractivity contribution in [1.29, 1.82) is 0 Å². The van der Waals surface area contributed by atoms with Crippen molar-refractivity contribution in [3.8, 4) is 0 Å². The number of hydrogen-bond acceptors (Lipinski definition) is 3. The lowest BCUT2D eigenvalue weighted by Crippen LogP contribution is -2.16. The Morgan fingerprint density at radius 1 is 1.12 bits per heavy atom. The minimum atomic E-state index is -4.46. The van der Waals surface area contributed by atoms with Crippen LogP contribution in [-0.4, -0.2) is 21.1 Å². The number of alkyl halides is 5. The van der Waals surface area contributed by atoms with Gasteiger partial charge in [-0.05, 0) is 24.3 Å². The number of halogens is 5. The molecule has 2 aromatic heterocycles. The summed E-state index contributed by atoms with van der Waals surface area (Å²) in [6.07, 6.45) is -3.73. The number of fused-ring (bicyclic) bond motifs is 1. The van der Waals surface area contributed by atoms with Gasteiger partial charge in [-0.1, -0.05) is 19.1 Å². The normalized spacial score (nSPS) is 13.3. The van der Waals surface area contributed by atoms with Crippen molar-refractivity contribution in [2.75, 3.05) is 11.9 Å². The fourth-order valence-corrected chi connectivity index (χ4v) is 2.63. The number of aromatic nitrogens is 3. The maximum absolute atomic E-state index is 13.5. The molecule has 3 aromatic rings. The molecule has 0 saturated carbocycles. The van der Waals surface area contributed by atoms with Gasteiger partial charge in [0.1, 0.15) is 11.6 Å². The Morgan fingerprint density at radius 3 is 2.46 bits per heavy atom. The smallest absolute Gasteiger partial charge is 0.369 e. The van der Waals surface area contributed by atoms with Crippen LogP contribution in [0.1, 0.15) is 30.8 Å². The van der Waals surface area contributed by atoms with E-state index in [0.29, 0.717) is 11.0 Å². The van der Waals surface area contributed by atoms with Gasteiger partial charge in [0, 0.05) is 18.7 Å². The number of nitrogens with one attached hydrogen (secondary N) is 1. The van der Waals surface area contributed by atoms with Gasteiger partial charge in [-0.15, -0.1) is 0 Å². The summed E-state index contributed by atoms with van der Waals surface area (Å²) < 4.78 is 65.4. The van der Waals surface area contributed by atoms with Crippen LogP contribution >= 0.6 is 0 Å². The lowest BCUT2D eigenvalue weighted by molar-refractivity contribution is -0.137. The Morgan fingerprint density at radius 2 is 1.85 bits per heavy atom. The van der Waals surface area contributed by atoms with Gasteiger partial charge >= 0.3 is 12.7 Å². The van der Waals surface area contributed by atoms with Crippen molar-refractivity contribution in [2.24, 2.45) is 0 Å². The first-order valence-corrected chi connectivity index (χ1v) is 7.79. The third-order valence-corrected chi connectivity index (χ3v) is 3.94. The SMILES string of the molecule is C[C@H](CNc1ccc(C(F)(F)F)cn1)c1nc2ccccc2n1C(F)F. The predicted octanol–water partition coefficient (Wildman–Crippen LogP) is 5.06. The molecule has 0 bridgehead atoms. The van der Waals surface area contributed by atoms with Crippen LogP contribution in [0.3, 0.4) is 0 Å². The molecule has 1 aromatic carbocycles. The Labute approximate surface area is 145 Å². The molecule has 3 rings (SSSR count). The number of pyridine rings is 1. The average Bonchev–Trinajstić information content (AvgIpc) is 2.99. The van der Waals surface area contributed by atoms with E-state index in [9.17, 15) is 22.0 Å². The van der Waals surface area contributed by atoms with Crippen LogP contribution < -0.4 is 5.32 Å². The second kappa shape index (κ2) is 6.89. The highest BCUT2D eigenvalue weighted by molar-refractivity contribution is 5.76. The number of benzene rings is 1. The van der Waals surface area contributed by atoms with Crippen molar-refractivity contribution < 1.29 is 22.0 Å². The molecule has 138 valence electrons. The van der Waals surface area contributed by atoms with E-state index >= 15 is 0 Å². The molecule has 26 heavy (non-hydrogen) atoms. The molecule has 9 heteroatoms. The van der Waals surface area contributed by atoms with Crippen LogP contribution in [-0.2, 0) is 6.18 Å². The number of para-hydroxylation sites is 2. The zero-order chi connectivity index (χ0) is 18.9. The van der Waals surface area contributed by atoms with Gasteiger partial charge in [-0.25, -0.2) is 9.97 Å². The highest BCUT2D eigenvalue weighted by Crippen LogP contribution is 2.30. The molecular formula is C17H15F5N4. The zero-order valence-corrected chi connectivity index (χ0v) is 13.6. The van der Waals surface area contributed by atoms with Crippen molar-refractivity contribution in [3.05, 3.63) is 54.0 Å². The van der Waals surface area contributed by atoms with Gasteiger partial charge in [0.25, 0.3) is 0 Å². The van der Waals surface area contributed by atoms with Gasteiger partial charge in [0.05, 0.1) is 16.6 Å². The van der Waals surface area contributed by atoms with Crippen molar-refractivity contribution in [3.63, 3.8) is 0 Å². The van der Waals surface area contributed by atoms with Gasteiger partial charge in [-0.3, -0.25) is 4.57 Å². The Bertz CT molecular complexity index is 886. The van der Waals surface area contributed by atoms with Gasteiger partial charge in [0.2, 0.25) is 0 Å². The number of imidazole rings is 1. The summed E-state index contributed by atoms with van der Waals surface area (Å²) in [4.78, 5) is 7.97. The lowest BCUT2D eigenvalue weighted by atomic mass is 10.1. The van der Waals surface area contributed by atoms with Crippen molar-refractivity contribution in [2.45, 2.75) is 25.6 Å². The van der Waals surface area contributed by atoms with E-state index in [1.807, 2.05) is 0 Å². The van der Waals surface area contributed by atoms with Crippen LogP contribution in [0.2, 0.25) is 0 Å². The molecule has 0 unspecified atom stereocenters. The molecular weight excluding hydrogens is 355 g/mol. The Hall–Kier alpha value is -2.71. The van der Waals surface area contributed by atoms with Gasteiger partial charge < -0.3 is 5.32 Å². The Balaban J connectivity index is 1.77. The third kappa shape index (κ3) is 3.61. The summed E-state index contributed by atoms with van der Waals surface area (Å²) in [5.41, 5.74) is -0.0603. The summed E-state index contributed by atoms with van der Waals surface area (Å²) in [5.74, 6) is 0.00524. The molecule has 0 radical (unpaired) electrons. The van der Waals surface area contributed by atoms with E-state index in [-0.39, 0.29) is 18.2 Å². The number of nitrogens with zero attached hydrogens (tertiary/aromatic N) is 3. The van der Waals surface area contributed by atoms with E-state index < -0.39 is 24.2 Å².